The Balaban J connectivity index is 2.75. The van der Waals surface area contributed by atoms with Gasteiger partial charge in [-0.2, -0.15) is 0 Å². The molecule has 0 aliphatic rings. The standard InChI is InChI=1S/C16H23N3O2/c1-5-8-18-14(10-21-4)15(17)16(20)19(18)13-9-11(2)6-7-12(13)3/h6-7,9H,5,8,10,17H2,1-4H3. The van der Waals surface area contributed by atoms with Crippen LogP contribution in [-0.2, 0) is 17.9 Å². The van der Waals surface area contributed by atoms with Crippen LogP contribution in [0.5, 0.6) is 0 Å². The van der Waals surface area contributed by atoms with Gasteiger partial charge < -0.3 is 10.5 Å². The van der Waals surface area contributed by atoms with Gasteiger partial charge in [0, 0.05) is 13.7 Å². The molecule has 2 N–H and O–H groups in total. The number of ether oxygens (including phenoxy) is 1. The zero-order valence-corrected chi connectivity index (χ0v) is 13.1. The number of rotatable bonds is 5. The van der Waals surface area contributed by atoms with Crippen molar-refractivity contribution in [3.63, 3.8) is 0 Å². The lowest BCUT2D eigenvalue weighted by molar-refractivity contribution is 0.176. The molecule has 0 fully saturated rings. The third kappa shape index (κ3) is 2.74. The molecule has 0 spiro atoms. The van der Waals surface area contributed by atoms with Crippen molar-refractivity contribution in [3.05, 3.63) is 45.4 Å². The van der Waals surface area contributed by atoms with E-state index in [1.54, 1.807) is 11.8 Å². The van der Waals surface area contributed by atoms with Crippen molar-refractivity contribution in [1.82, 2.24) is 9.36 Å². The highest BCUT2D eigenvalue weighted by Crippen LogP contribution is 2.19. The molecule has 2 rings (SSSR count). The number of hydrogen-bond donors (Lipinski definition) is 1. The van der Waals surface area contributed by atoms with Crippen LogP contribution in [0.1, 0.15) is 30.2 Å². The van der Waals surface area contributed by atoms with Gasteiger partial charge in [0.1, 0.15) is 5.69 Å². The van der Waals surface area contributed by atoms with Gasteiger partial charge >= 0.3 is 0 Å². The van der Waals surface area contributed by atoms with Gasteiger partial charge in [0.25, 0.3) is 5.56 Å². The summed E-state index contributed by atoms with van der Waals surface area (Å²) in [5.74, 6) is 0. The summed E-state index contributed by atoms with van der Waals surface area (Å²) in [6.45, 7) is 7.14. The van der Waals surface area contributed by atoms with Crippen molar-refractivity contribution in [2.75, 3.05) is 12.8 Å². The summed E-state index contributed by atoms with van der Waals surface area (Å²) in [5.41, 5.74) is 9.88. The Hall–Kier alpha value is -2.01. The molecule has 0 saturated heterocycles. The molecule has 0 saturated carbocycles. The first-order valence-electron chi connectivity index (χ1n) is 7.18. The van der Waals surface area contributed by atoms with Crippen molar-refractivity contribution in [3.8, 4) is 5.69 Å². The molecule has 21 heavy (non-hydrogen) atoms. The van der Waals surface area contributed by atoms with Crippen LogP contribution in [0.3, 0.4) is 0 Å². The van der Waals surface area contributed by atoms with E-state index in [0.29, 0.717) is 6.61 Å². The van der Waals surface area contributed by atoms with Gasteiger partial charge in [-0.25, -0.2) is 4.68 Å². The number of methoxy groups -OCH3 is 1. The van der Waals surface area contributed by atoms with E-state index in [1.807, 2.05) is 36.7 Å². The van der Waals surface area contributed by atoms with Crippen LogP contribution in [0, 0.1) is 13.8 Å². The van der Waals surface area contributed by atoms with E-state index in [4.69, 9.17) is 10.5 Å². The quantitative estimate of drug-likeness (QED) is 0.919. The van der Waals surface area contributed by atoms with Gasteiger partial charge in [0.2, 0.25) is 0 Å². The molecule has 0 aliphatic heterocycles. The Morgan fingerprint density at radius 3 is 2.62 bits per heavy atom. The molecule has 0 atom stereocenters. The fourth-order valence-electron chi connectivity index (χ4n) is 2.53. The number of aryl methyl sites for hydroxylation is 2. The van der Waals surface area contributed by atoms with Crippen molar-refractivity contribution in [2.24, 2.45) is 0 Å². The summed E-state index contributed by atoms with van der Waals surface area (Å²) in [4.78, 5) is 12.6. The van der Waals surface area contributed by atoms with Gasteiger partial charge in [0.05, 0.1) is 18.0 Å². The summed E-state index contributed by atoms with van der Waals surface area (Å²) in [6.07, 6.45) is 0.912. The monoisotopic (exact) mass is 289 g/mol. The second-order valence-electron chi connectivity index (χ2n) is 5.32. The van der Waals surface area contributed by atoms with Crippen molar-refractivity contribution in [1.29, 1.82) is 0 Å². The van der Waals surface area contributed by atoms with Crippen LogP contribution in [0.25, 0.3) is 5.69 Å². The number of benzene rings is 1. The molecular weight excluding hydrogens is 266 g/mol. The second kappa shape index (κ2) is 6.18. The minimum atomic E-state index is -0.177. The molecule has 1 aromatic heterocycles. The summed E-state index contributed by atoms with van der Waals surface area (Å²) in [6, 6.07) is 6.07. The molecule has 114 valence electrons. The lowest BCUT2D eigenvalue weighted by Crippen LogP contribution is -2.23. The van der Waals surface area contributed by atoms with E-state index < -0.39 is 0 Å². The summed E-state index contributed by atoms with van der Waals surface area (Å²) < 4.78 is 8.81. The molecular formula is C16H23N3O2. The lowest BCUT2D eigenvalue weighted by Gasteiger charge is -2.16. The zero-order chi connectivity index (χ0) is 15.6. The van der Waals surface area contributed by atoms with Gasteiger partial charge in [0.15, 0.2) is 0 Å². The van der Waals surface area contributed by atoms with Crippen LogP contribution in [0.2, 0.25) is 0 Å². The molecule has 0 unspecified atom stereocenters. The highest BCUT2D eigenvalue weighted by Gasteiger charge is 2.19. The molecule has 1 aromatic carbocycles. The highest BCUT2D eigenvalue weighted by molar-refractivity contribution is 5.48. The maximum atomic E-state index is 12.6. The minimum Gasteiger partial charge on any atom is -0.393 e. The van der Waals surface area contributed by atoms with Crippen molar-refractivity contribution in [2.45, 2.75) is 40.3 Å². The Kier molecular flexibility index (Phi) is 4.53. The maximum absolute atomic E-state index is 12.6. The first kappa shape index (κ1) is 15.4. The molecule has 5 heteroatoms. The minimum absolute atomic E-state index is 0.177. The molecule has 1 heterocycles. The fraction of sp³-hybridized carbons (Fsp3) is 0.438. The number of nitrogens with two attached hydrogens (primary N) is 1. The normalized spacial score (nSPS) is 11.0. The largest absolute Gasteiger partial charge is 0.393 e. The fourth-order valence-corrected chi connectivity index (χ4v) is 2.53. The second-order valence-corrected chi connectivity index (χ2v) is 5.32. The van der Waals surface area contributed by atoms with Crippen molar-refractivity contribution < 1.29 is 4.74 Å². The van der Waals surface area contributed by atoms with E-state index in [0.717, 1.165) is 35.5 Å². The molecule has 0 amide bonds. The van der Waals surface area contributed by atoms with Gasteiger partial charge in [-0.15, -0.1) is 0 Å². The average molecular weight is 289 g/mol. The predicted molar refractivity (Wildman–Crippen MR) is 84.9 cm³/mol. The third-order valence-electron chi connectivity index (χ3n) is 3.60. The number of nitrogens with zero attached hydrogens (tertiary/aromatic N) is 2. The summed E-state index contributed by atoms with van der Waals surface area (Å²) in [5, 5.41) is 0. The van der Waals surface area contributed by atoms with Crippen LogP contribution in [0.4, 0.5) is 5.69 Å². The Labute approximate surface area is 124 Å². The topological polar surface area (TPSA) is 62.2 Å². The Morgan fingerprint density at radius 2 is 2.00 bits per heavy atom. The van der Waals surface area contributed by atoms with E-state index >= 15 is 0 Å². The highest BCUT2D eigenvalue weighted by atomic mass is 16.5. The Morgan fingerprint density at radius 1 is 1.29 bits per heavy atom. The van der Waals surface area contributed by atoms with E-state index in [9.17, 15) is 4.79 Å². The van der Waals surface area contributed by atoms with Crippen LogP contribution < -0.4 is 11.3 Å². The molecule has 0 aliphatic carbocycles. The van der Waals surface area contributed by atoms with Crippen molar-refractivity contribution >= 4 is 5.69 Å². The Bertz CT molecular complexity index is 698. The SMILES string of the molecule is CCCn1c(COC)c(N)c(=O)n1-c1cc(C)ccc1C. The maximum Gasteiger partial charge on any atom is 0.294 e. The molecule has 2 aromatic rings. The smallest absolute Gasteiger partial charge is 0.294 e. The zero-order valence-electron chi connectivity index (χ0n) is 13.1. The predicted octanol–water partition coefficient (Wildman–Crippen LogP) is 2.39. The van der Waals surface area contributed by atoms with E-state index in [2.05, 4.69) is 6.92 Å². The first-order valence-corrected chi connectivity index (χ1v) is 7.18. The van der Waals surface area contributed by atoms with E-state index in [-0.39, 0.29) is 11.2 Å². The van der Waals surface area contributed by atoms with Crippen LogP contribution in [0.15, 0.2) is 23.0 Å². The molecule has 5 nitrogen and oxygen atoms in total. The van der Waals surface area contributed by atoms with Gasteiger partial charge in [-0.05, 0) is 37.5 Å². The molecule has 0 bridgehead atoms. The number of hydrogen-bond acceptors (Lipinski definition) is 3. The van der Waals surface area contributed by atoms with Crippen LogP contribution >= 0.6 is 0 Å². The van der Waals surface area contributed by atoms with Gasteiger partial charge in [-0.3, -0.25) is 9.48 Å². The summed E-state index contributed by atoms with van der Waals surface area (Å²) >= 11 is 0. The third-order valence-corrected chi connectivity index (χ3v) is 3.60. The van der Waals surface area contributed by atoms with Gasteiger partial charge in [-0.1, -0.05) is 19.1 Å². The summed E-state index contributed by atoms with van der Waals surface area (Å²) in [7, 11) is 1.61. The first-order chi connectivity index (χ1) is 10.0. The lowest BCUT2D eigenvalue weighted by atomic mass is 10.1. The average Bonchev–Trinajstić information content (AvgIpc) is 2.68. The van der Waals surface area contributed by atoms with Crippen LogP contribution in [-0.4, -0.2) is 16.5 Å². The number of anilines is 1. The molecule has 0 radical (unpaired) electrons. The number of nitrogen functional groups attached to an aromatic ring is 1. The van der Waals surface area contributed by atoms with E-state index in [1.165, 1.54) is 0 Å². The number of aromatic nitrogens is 2.